The molecule has 0 amide bonds. The van der Waals surface area contributed by atoms with Gasteiger partial charge < -0.3 is 14.2 Å². The van der Waals surface area contributed by atoms with Crippen molar-refractivity contribution in [3.8, 4) is 17.2 Å². The summed E-state index contributed by atoms with van der Waals surface area (Å²) in [6, 6.07) is 12.7. The van der Waals surface area contributed by atoms with Gasteiger partial charge in [-0.05, 0) is 47.5 Å². The second-order valence-electron chi connectivity index (χ2n) is 6.71. The van der Waals surface area contributed by atoms with E-state index in [4.69, 9.17) is 14.2 Å². The first-order valence-corrected chi connectivity index (χ1v) is 8.95. The number of carbonyl (C=O) groups excluding carboxylic acids is 1. The summed E-state index contributed by atoms with van der Waals surface area (Å²) in [7, 11) is 3.12. The van der Waals surface area contributed by atoms with Gasteiger partial charge in [0, 0.05) is 10.4 Å². The molecule has 0 aliphatic carbocycles. The first-order chi connectivity index (χ1) is 13.4. The third-order valence-electron chi connectivity index (χ3n) is 4.30. The summed E-state index contributed by atoms with van der Waals surface area (Å²) >= 11 is 0. The molecule has 0 atom stereocenters. The van der Waals surface area contributed by atoms with Crippen LogP contribution in [0.5, 0.6) is 17.2 Å². The molecule has 0 fully saturated rings. The Hall–Kier alpha value is -3.34. The second-order valence-corrected chi connectivity index (χ2v) is 6.71. The highest BCUT2D eigenvalue weighted by molar-refractivity contribution is 5.75. The van der Waals surface area contributed by atoms with E-state index in [0.29, 0.717) is 21.9 Å². The van der Waals surface area contributed by atoms with E-state index in [-0.39, 0.29) is 17.3 Å². The van der Waals surface area contributed by atoms with Crippen LogP contribution in [0, 0.1) is 5.92 Å². The molecule has 0 unspecified atom stereocenters. The first-order valence-electron chi connectivity index (χ1n) is 8.95. The Labute approximate surface area is 163 Å². The van der Waals surface area contributed by atoms with Crippen LogP contribution >= 0.6 is 0 Å². The van der Waals surface area contributed by atoms with Crippen LogP contribution in [0.3, 0.4) is 0 Å². The van der Waals surface area contributed by atoms with Crippen molar-refractivity contribution in [2.45, 2.75) is 13.8 Å². The van der Waals surface area contributed by atoms with Crippen LogP contribution in [0.1, 0.15) is 25.0 Å². The fourth-order valence-corrected chi connectivity index (χ4v) is 2.63. The van der Waals surface area contributed by atoms with Crippen molar-refractivity contribution in [1.82, 2.24) is 0 Å². The Bertz CT molecular complexity index is 1130. The lowest BCUT2D eigenvalue weighted by Gasteiger charge is -2.11. The maximum absolute atomic E-state index is 12.2. The molecule has 0 heterocycles. The molecule has 0 saturated carbocycles. The Morgan fingerprint density at radius 1 is 0.893 bits per heavy atom. The summed E-state index contributed by atoms with van der Waals surface area (Å²) in [5.41, 5.74) is 1.70. The monoisotopic (exact) mass is 378 g/mol. The van der Waals surface area contributed by atoms with Crippen LogP contribution in [0.2, 0.25) is 0 Å². The van der Waals surface area contributed by atoms with Gasteiger partial charge in [0.25, 0.3) is 0 Å². The molecular weight excluding hydrogens is 356 g/mol. The highest BCUT2D eigenvalue weighted by Gasteiger charge is 2.14. The molecular formula is C23H22O5. The number of carbonyl (C=O) groups is 1. The van der Waals surface area contributed by atoms with Gasteiger partial charge in [-0.1, -0.05) is 32.0 Å². The molecule has 0 spiro atoms. The molecule has 0 bridgehead atoms. The normalized spacial score (nSPS) is 12.6. The van der Waals surface area contributed by atoms with Crippen molar-refractivity contribution in [2.24, 2.45) is 5.92 Å². The third-order valence-corrected chi connectivity index (χ3v) is 4.30. The largest absolute Gasteiger partial charge is 0.497 e. The fraction of sp³-hybridized carbons (Fsp3) is 0.217. The average Bonchev–Trinajstić information content (AvgIpc) is 3.29. The van der Waals surface area contributed by atoms with E-state index < -0.39 is 0 Å². The van der Waals surface area contributed by atoms with Gasteiger partial charge in [0.2, 0.25) is 0 Å². The van der Waals surface area contributed by atoms with Crippen molar-refractivity contribution >= 4 is 18.1 Å². The van der Waals surface area contributed by atoms with Crippen molar-refractivity contribution < 1.29 is 19.0 Å². The van der Waals surface area contributed by atoms with Gasteiger partial charge in [-0.25, -0.2) is 0 Å². The summed E-state index contributed by atoms with van der Waals surface area (Å²) in [5, 5.41) is 1.32. The predicted octanol–water partition coefficient (Wildman–Crippen LogP) is 2.16. The van der Waals surface area contributed by atoms with Gasteiger partial charge in [-0.2, -0.15) is 0 Å². The zero-order valence-electron chi connectivity index (χ0n) is 16.3. The smallest absolute Gasteiger partial charge is 0.313 e. The maximum Gasteiger partial charge on any atom is 0.313 e. The van der Waals surface area contributed by atoms with Gasteiger partial charge in [-0.15, -0.1) is 0 Å². The molecule has 3 rings (SSSR count). The lowest BCUT2D eigenvalue weighted by atomic mass is 10.2. The summed E-state index contributed by atoms with van der Waals surface area (Å²) in [6.45, 7) is 3.53. The Morgan fingerprint density at radius 3 is 2.18 bits per heavy atom. The molecule has 0 saturated heterocycles. The highest BCUT2D eigenvalue weighted by Crippen LogP contribution is 2.29. The van der Waals surface area contributed by atoms with E-state index >= 15 is 0 Å². The van der Waals surface area contributed by atoms with Crippen LogP contribution in [0.15, 0.2) is 47.3 Å². The molecule has 144 valence electrons. The van der Waals surface area contributed by atoms with E-state index in [1.165, 1.54) is 7.11 Å². The predicted molar refractivity (Wildman–Crippen MR) is 108 cm³/mol. The molecule has 0 radical (unpaired) electrons. The number of esters is 1. The van der Waals surface area contributed by atoms with Crippen LogP contribution in [0.25, 0.3) is 12.2 Å². The van der Waals surface area contributed by atoms with Gasteiger partial charge in [0.1, 0.15) is 5.75 Å². The summed E-state index contributed by atoms with van der Waals surface area (Å²) in [6.07, 6.45) is 3.64. The topological polar surface area (TPSA) is 61.8 Å². The lowest BCUT2D eigenvalue weighted by molar-refractivity contribution is -0.137. The van der Waals surface area contributed by atoms with Crippen molar-refractivity contribution in [2.75, 3.05) is 14.2 Å². The van der Waals surface area contributed by atoms with Crippen molar-refractivity contribution in [1.29, 1.82) is 0 Å². The van der Waals surface area contributed by atoms with Crippen LogP contribution in [-0.2, 0) is 4.79 Å². The van der Waals surface area contributed by atoms with E-state index in [1.807, 2.05) is 30.3 Å². The Morgan fingerprint density at radius 2 is 1.57 bits per heavy atom. The van der Waals surface area contributed by atoms with Gasteiger partial charge in [0.05, 0.1) is 20.1 Å². The molecule has 5 heteroatoms. The number of benzene rings is 2. The minimum absolute atomic E-state index is 0.0112. The van der Waals surface area contributed by atoms with E-state index in [0.717, 1.165) is 16.9 Å². The zero-order valence-corrected chi connectivity index (χ0v) is 16.3. The van der Waals surface area contributed by atoms with Crippen LogP contribution in [-0.4, -0.2) is 20.2 Å². The molecule has 0 aromatic heterocycles. The molecule has 3 aromatic carbocycles. The maximum atomic E-state index is 12.2. The fourth-order valence-electron chi connectivity index (χ4n) is 2.63. The molecule has 0 aliphatic heterocycles. The van der Waals surface area contributed by atoms with Crippen molar-refractivity contribution in [3.05, 3.63) is 74.3 Å². The number of methoxy groups -OCH3 is 2. The van der Waals surface area contributed by atoms with E-state index in [2.05, 4.69) is 0 Å². The van der Waals surface area contributed by atoms with E-state index in [9.17, 15) is 9.59 Å². The van der Waals surface area contributed by atoms with Crippen LogP contribution in [0.4, 0.5) is 0 Å². The van der Waals surface area contributed by atoms with E-state index in [1.54, 1.807) is 45.2 Å². The summed E-state index contributed by atoms with van der Waals surface area (Å²) in [4.78, 5) is 24.0. The minimum atomic E-state index is -0.328. The molecule has 0 N–H and O–H groups in total. The molecule has 28 heavy (non-hydrogen) atoms. The van der Waals surface area contributed by atoms with Gasteiger partial charge in [-0.3, -0.25) is 9.59 Å². The number of rotatable bonds is 6. The number of ether oxygens (including phenoxy) is 3. The minimum Gasteiger partial charge on any atom is -0.497 e. The zero-order chi connectivity index (χ0) is 20.3. The third kappa shape index (κ3) is 4.31. The van der Waals surface area contributed by atoms with Gasteiger partial charge >= 0.3 is 5.97 Å². The number of hydrogen-bond acceptors (Lipinski definition) is 5. The molecule has 0 aliphatic rings. The average molecular weight is 378 g/mol. The Balaban J connectivity index is 1.90. The van der Waals surface area contributed by atoms with Gasteiger partial charge in [0.15, 0.2) is 16.9 Å². The number of hydrogen-bond donors (Lipinski definition) is 0. The van der Waals surface area contributed by atoms with Crippen LogP contribution < -0.4 is 30.1 Å². The first kappa shape index (κ1) is 19.4. The quantitative estimate of drug-likeness (QED) is 0.486. The molecule has 5 nitrogen and oxygen atoms in total. The SMILES string of the molecule is COc1cccc(/C=c2\c(=O)\c2=C\c2ccc(OC(=O)C(C)C)c(OC)c2)c1. The molecule has 3 aromatic rings. The lowest BCUT2D eigenvalue weighted by Crippen LogP contribution is -2.15. The summed E-state index contributed by atoms with van der Waals surface area (Å²) in [5.74, 6) is 0.974. The summed E-state index contributed by atoms with van der Waals surface area (Å²) < 4.78 is 15.9. The Kier molecular flexibility index (Phi) is 5.64. The standard InChI is InChI=1S/C23H22O5/c1-14(2)23(25)28-20-9-8-16(13-21(20)27-4)12-19-18(22(19)24)11-15-6-5-7-17(10-15)26-3/h5-14H,1-4H3/b18-11-,19-12+. The highest BCUT2D eigenvalue weighted by atomic mass is 16.6. The van der Waals surface area contributed by atoms with Crippen molar-refractivity contribution in [3.63, 3.8) is 0 Å². The second kappa shape index (κ2) is 8.13.